The first-order chi connectivity index (χ1) is 15.8. The summed E-state index contributed by atoms with van der Waals surface area (Å²) in [4.78, 5) is 12.9. The Morgan fingerprint density at radius 3 is 2.30 bits per heavy atom. The van der Waals surface area contributed by atoms with Crippen LogP contribution in [0.25, 0.3) is 0 Å². The van der Waals surface area contributed by atoms with E-state index in [0.29, 0.717) is 47.7 Å². The number of hydrogen-bond acceptors (Lipinski definition) is 5. The van der Waals surface area contributed by atoms with Crippen molar-refractivity contribution < 1.29 is 22.7 Å². The maximum Gasteiger partial charge on any atom is 0.262 e. The Balaban J connectivity index is 1.28. The van der Waals surface area contributed by atoms with Gasteiger partial charge in [0.15, 0.2) is 11.5 Å². The number of fused-ring (bicyclic) bond motifs is 1. The van der Waals surface area contributed by atoms with Crippen LogP contribution in [0.3, 0.4) is 0 Å². The highest BCUT2D eigenvalue weighted by Crippen LogP contribution is 2.38. The number of rotatable bonds is 6. The topological polar surface area (TPSA) is 98.7 Å². The molecule has 2 aliphatic rings. The lowest BCUT2D eigenvalue weighted by molar-refractivity contribution is 0.102. The third-order valence-electron chi connectivity index (χ3n) is 5.86. The summed E-state index contributed by atoms with van der Waals surface area (Å²) in [5.41, 5.74) is 3.68. The van der Waals surface area contributed by atoms with Crippen molar-refractivity contribution in [1.29, 1.82) is 0 Å². The van der Waals surface area contributed by atoms with Gasteiger partial charge in [-0.15, -0.1) is 0 Å². The van der Waals surface area contributed by atoms with Gasteiger partial charge in [0.2, 0.25) is 0 Å². The van der Waals surface area contributed by atoms with Crippen LogP contribution < -0.4 is 19.5 Å². The maximum atomic E-state index is 12.8. The third-order valence-corrected chi connectivity index (χ3v) is 7.24. The number of amides is 1. The number of benzene rings is 2. The lowest BCUT2D eigenvalue weighted by Crippen LogP contribution is -2.17. The molecule has 2 heterocycles. The summed E-state index contributed by atoms with van der Waals surface area (Å²) in [6.07, 6.45) is 2.31. The maximum absolute atomic E-state index is 12.8. The fourth-order valence-electron chi connectivity index (χ4n) is 4.13. The third kappa shape index (κ3) is 4.28. The summed E-state index contributed by atoms with van der Waals surface area (Å²) < 4.78 is 41.3. The summed E-state index contributed by atoms with van der Waals surface area (Å²) >= 11 is 0. The number of carbonyl (C=O) groups excluding carboxylic acids is 1. The molecule has 0 bridgehead atoms. The van der Waals surface area contributed by atoms with Gasteiger partial charge in [0.25, 0.3) is 15.9 Å². The van der Waals surface area contributed by atoms with E-state index in [0.717, 1.165) is 24.2 Å². The molecule has 1 saturated carbocycles. The molecule has 2 aromatic carbocycles. The van der Waals surface area contributed by atoms with E-state index in [1.54, 1.807) is 30.3 Å². The van der Waals surface area contributed by atoms with Gasteiger partial charge in [-0.25, -0.2) is 8.42 Å². The zero-order chi connectivity index (χ0) is 23.2. The molecule has 0 radical (unpaired) electrons. The van der Waals surface area contributed by atoms with Gasteiger partial charge in [-0.3, -0.25) is 9.52 Å². The summed E-state index contributed by atoms with van der Waals surface area (Å²) in [6.45, 7) is 4.80. The molecule has 172 valence electrons. The summed E-state index contributed by atoms with van der Waals surface area (Å²) in [7, 11) is -3.81. The van der Waals surface area contributed by atoms with Gasteiger partial charge in [-0.1, -0.05) is 0 Å². The number of ether oxygens (including phenoxy) is 2. The molecule has 2 N–H and O–H groups in total. The number of aromatic nitrogens is 1. The molecular weight excluding hydrogens is 442 g/mol. The fourth-order valence-corrected chi connectivity index (χ4v) is 5.20. The minimum Gasteiger partial charge on any atom is -0.486 e. The number of nitrogens with zero attached hydrogens (tertiary/aromatic N) is 1. The monoisotopic (exact) mass is 467 g/mol. The van der Waals surface area contributed by atoms with E-state index in [1.807, 2.05) is 19.9 Å². The predicted octanol–water partition coefficient (Wildman–Crippen LogP) is 4.26. The molecule has 0 unspecified atom stereocenters. The largest absolute Gasteiger partial charge is 0.486 e. The molecule has 0 atom stereocenters. The Kier molecular flexibility index (Phi) is 5.28. The van der Waals surface area contributed by atoms with Crippen molar-refractivity contribution in [3.8, 4) is 11.5 Å². The summed E-state index contributed by atoms with van der Waals surface area (Å²) in [5, 5.41) is 2.89. The highest BCUT2D eigenvalue weighted by molar-refractivity contribution is 7.92. The molecule has 8 nitrogen and oxygen atoms in total. The molecule has 1 amide bonds. The Bertz CT molecular complexity index is 1320. The van der Waals surface area contributed by atoms with Crippen LogP contribution in [-0.2, 0) is 10.0 Å². The molecule has 0 spiro atoms. The second-order valence-corrected chi connectivity index (χ2v) is 10.0. The molecule has 1 aliphatic carbocycles. The Morgan fingerprint density at radius 1 is 0.939 bits per heavy atom. The quantitative estimate of drug-likeness (QED) is 0.564. The number of hydrogen-bond donors (Lipinski definition) is 2. The van der Waals surface area contributed by atoms with Gasteiger partial charge in [0.05, 0.1) is 10.5 Å². The van der Waals surface area contributed by atoms with E-state index < -0.39 is 10.0 Å². The zero-order valence-corrected chi connectivity index (χ0v) is 19.2. The van der Waals surface area contributed by atoms with Crippen molar-refractivity contribution in [1.82, 2.24) is 4.57 Å². The van der Waals surface area contributed by atoms with Gasteiger partial charge < -0.3 is 19.4 Å². The first-order valence-corrected chi connectivity index (χ1v) is 12.3. The van der Waals surface area contributed by atoms with E-state index in [1.165, 1.54) is 12.1 Å². The molecule has 33 heavy (non-hydrogen) atoms. The standard InChI is InChI=1S/C24H25N3O5S/c1-15-13-21(16(2)27(15)19-7-8-19)24(28)25-17-3-5-18(6-4-17)26-33(29,30)20-9-10-22-23(14-20)32-12-11-31-22/h3-6,9-10,13-14,19,26H,7-8,11-12H2,1-2H3,(H,25,28). The molecule has 1 fully saturated rings. The minimum atomic E-state index is -3.81. The van der Waals surface area contributed by atoms with E-state index in [2.05, 4.69) is 14.6 Å². The Labute approximate surface area is 192 Å². The van der Waals surface area contributed by atoms with E-state index in [9.17, 15) is 13.2 Å². The van der Waals surface area contributed by atoms with Crippen molar-refractivity contribution in [2.75, 3.05) is 23.3 Å². The molecule has 1 aliphatic heterocycles. The molecule has 9 heteroatoms. The predicted molar refractivity (Wildman–Crippen MR) is 125 cm³/mol. The van der Waals surface area contributed by atoms with Gasteiger partial charge >= 0.3 is 0 Å². The number of sulfonamides is 1. The van der Waals surface area contributed by atoms with Crippen LogP contribution in [0.5, 0.6) is 11.5 Å². The molecule has 0 saturated heterocycles. The number of nitrogens with one attached hydrogen (secondary N) is 2. The van der Waals surface area contributed by atoms with E-state index in [4.69, 9.17) is 9.47 Å². The summed E-state index contributed by atoms with van der Waals surface area (Å²) in [5.74, 6) is 0.751. The highest BCUT2D eigenvalue weighted by Gasteiger charge is 2.28. The SMILES string of the molecule is Cc1cc(C(=O)Nc2ccc(NS(=O)(=O)c3ccc4c(c3)OCCO4)cc2)c(C)n1C1CC1. The van der Waals surface area contributed by atoms with Crippen LogP contribution in [0.4, 0.5) is 11.4 Å². The number of aryl methyl sites for hydroxylation is 1. The Hall–Kier alpha value is -3.46. The van der Waals surface area contributed by atoms with Crippen LogP contribution >= 0.6 is 0 Å². The molecule has 1 aromatic heterocycles. The van der Waals surface area contributed by atoms with Crippen molar-refractivity contribution in [2.45, 2.75) is 37.6 Å². The number of carbonyl (C=O) groups is 1. The van der Waals surface area contributed by atoms with Crippen molar-refractivity contribution in [3.05, 3.63) is 65.5 Å². The van der Waals surface area contributed by atoms with E-state index >= 15 is 0 Å². The average Bonchev–Trinajstić information content (AvgIpc) is 3.58. The van der Waals surface area contributed by atoms with Gasteiger partial charge in [0.1, 0.15) is 13.2 Å². The first kappa shape index (κ1) is 21.4. The van der Waals surface area contributed by atoms with Gasteiger partial charge in [-0.2, -0.15) is 0 Å². The van der Waals surface area contributed by atoms with Crippen LogP contribution in [0.2, 0.25) is 0 Å². The molecule has 3 aromatic rings. The minimum absolute atomic E-state index is 0.0788. The van der Waals surface area contributed by atoms with Crippen molar-refractivity contribution in [3.63, 3.8) is 0 Å². The van der Waals surface area contributed by atoms with Gasteiger partial charge in [0, 0.05) is 34.9 Å². The number of anilines is 2. The molecular formula is C24H25N3O5S. The van der Waals surface area contributed by atoms with Crippen molar-refractivity contribution in [2.24, 2.45) is 0 Å². The smallest absolute Gasteiger partial charge is 0.262 e. The van der Waals surface area contributed by atoms with E-state index in [-0.39, 0.29) is 10.8 Å². The van der Waals surface area contributed by atoms with Crippen LogP contribution in [0.15, 0.2) is 53.4 Å². The van der Waals surface area contributed by atoms with Gasteiger partial charge in [-0.05, 0) is 69.2 Å². The molecule has 5 rings (SSSR count). The van der Waals surface area contributed by atoms with Crippen LogP contribution in [0.1, 0.15) is 40.6 Å². The van der Waals surface area contributed by atoms with Crippen molar-refractivity contribution >= 4 is 27.3 Å². The highest BCUT2D eigenvalue weighted by atomic mass is 32.2. The second-order valence-electron chi connectivity index (χ2n) is 8.33. The lowest BCUT2D eigenvalue weighted by Gasteiger charge is -2.19. The zero-order valence-electron chi connectivity index (χ0n) is 18.4. The average molecular weight is 468 g/mol. The normalized spacial score (nSPS) is 15.2. The first-order valence-electron chi connectivity index (χ1n) is 10.8. The lowest BCUT2D eigenvalue weighted by atomic mass is 10.2. The van der Waals surface area contributed by atoms with Crippen LogP contribution in [-0.4, -0.2) is 32.1 Å². The Morgan fingerprint density at radius 2 is 1.61 bits per heavy atom. The summed E-state index contributed by atoms with van der Waals surface area (Å²) in [6, 6.07) is 13.5. The fraction of sp³-hybridized carbons (Fsp3) is 0.292. The van der Waals surface area contributed by atoms with Crippen LogP contribution in [0, 0.1) is 13.8 Å². The second kappa shape index (κ2) is 8.15.